The number of carbonyl (C=O) groups is 1. The highest BCUT2D eigenvalue weighted by atomic mass is 16.7. The van der Waals surface area contributed by atoms with Crippen LogP contribution in [0.5, 0.6) is 0 Å². The van der Waals surface area contributed by atoms with E-state index < -0.39 is 0 Å². The van der Waals surface area contributed by atoms with Crippen LogP contribution in [-0.4, -0.2) is 34.9 Å². The lowest BCUT2D eigenvalue weighted by Gasteiger charge is -2.15. The van der Waals surface area contributed by atoms with Gasteiger partial charge in [0.2, 0.25) is 0 Å². The number of fused-ring (bicyclic) bond motifs is 2. The van der Waals surface area contributed by atoms with Crippen LogP contribution < -0.4 is 11.1 Å². The van der Waals surface area contributed by atoms with E-state index in [1.807, 2.05) is 56.3 Å². The normalized spacial score (nSPS) is 13.8. The minimum atomic E-state index is -0.312. The standard InChI is InChI=1S/C14H15NO3.C12H11NO2/c1-10-3-2-4-11-5-6-12(16)15(14(10)11)9-13-17-7-8-18-13;1-9-3-2-4-10-5-6-11(15)13(7-8-14)12(9)10/h2-6,13H,7-9H2,1H3;2-6,8H,7H2,1H3. The summed E-state index contributed by atoms with van der Waals surface area (Å²) in [6, 6.07) is 18.5. The SMILES string of the molecule is Cc1cccc2ccc(=O)n(CC3OCCO3)c12.Cc1cccc2ccc(=O)n(CC=O)c12. The maximum atomic E-state index is 12.0. The highest BCUT2D eigenvalue weighted by Gasteiger charge is 2.18. The van der Waals surface area contributed by atoms with E-state index in [1.54, 1.807) is 16.7 Å². The van der Waals surface area contributed by atoms with Crippen LogP contribution in [0.4, 0.5) is 0 Å². The zero-order valence-corrected chi connectivity index (χ0v) is 18.7. The molecule has 0 radical (unpaired) electrons. The predicted octanol–water partition coefficient (Wildman–Crippen LogP) is 3.19. The molecule has 4 aromatic rings. The maximum absolute atomic E-state index is 12.0. The summed E-state index contributed by atoms with van der Waals surface area (Å²) in [5.41, 5.74) is 3.75. The fourth-order valence-electron chi connectivity index (χ4n) is 4.19. The smallest absolute Gasteiger partial charge is 0.251 e. The lowest BCUT2D eigenvalue weighted by Crippen LogP contribution is -2.27. The molecule has 2 aromatic carbocycles. The van der Waals surface area contributed by atoms with Gasteiger partial charge in [0, 0.05) is 12.1 Å². The van der Waals surface area contributed by atoms with E-state index in [0.29, 0.717) is 19.8 Å². The van der Waals surface area contributed by atoms with Crippen molar-refractivity contribution < 1.29 is 14.3 Å². The van der Waals surface area contributed by atoms with Gasteiger partial charge in [0.25, 0.3) is 11.1 Å². The number of pyridine rings is 2. The molecule has 5 rings (SSSR count). The Bertz CT molecular complexity index is 1410. The molecule has 0 amide bonds. The number of aldehydes is 1. The quantitative estimate of drug-likeness (QED) is 0.450. The number of carbonyl (C=O) groups excluding carboxylic acids is 1. The van der Waals surface area contributed by atoms with Crippen LogP contribution in [0.3, 0.4) is 0 Å². The topological polar surface area (TPSA) is 79.5 Å². The zero-order chi connectivity index (χ0) is 23.4. The van der Waals surface area contributed by atoms with Crippen molar-refractivity contribution in [1.29, 1.82) is 0 Å². The molecule has 0 saturated carbocycles. The number of para-hydroxylation sites is 2. The van der Waals surface area contributed by atoms with Gasteiger partial charge in [-0.1, -0.05) is 36.4 Å². The fraction of sp³-hybridized carbons (Fsp3) is 0.269. The second kappa shape index (κ2) is 9.94. The maximum Gasteiger partial charge on any atom is 0.251 e. The number of aryl methyl sites for hydroxylation is 2. The van der Waals surface area contributed by atoms with Gasteiger partial charge in [0.1, 0.15) is 6.29 Å². The van der Waals surface area contributed by atoms with Gasteiger partial charge >= 0.3 is 0 Å². The summed E-state index contributed by atoms with van der Waals surface area (Å²) in [5, 5.41) is 2.05. The van der Waals surface area contributed by atoms with Crippen LogP contribution in [0.1, 0.15) is 11.1 Å². The molecule has 0 aliphatic carbocycles. The molecule has 0 N–H and O–H groups in total. The molecule has 33 heavy (non-hydrogen) atoms. The van der Waals surface area contributed by atoms with Crippen molar-refractivity contribution in [2.45, 2.75) is 33.2 Å². The van der Waals surface area contributed by atoms with Crippen LogP contribution >= 0.6 is 0 Å². The van der Waals surface area contributed by atoms with Crippen molar-refractivity contribution in [3.05, 3.63) is 92.5 Å². The third kappa shape index (κ3) is 4.79. The van der Waals surface area contributed by atoms with Crippen molar-refractivity contribution in [1.82, 2.24) is 9.13 Å². The number of nitrogens with zero attached hydrogens (tertiary/aromatic N) is 2. The Morgan fingerprint density at radius 3 is 1.85 bits per heavy atom. The molecular formula is C26H26N2O5. The minimum absolute atomic E-state index is 0.0177. The summed E-state index contributed by atoms with van der Waals surface area (Å²) in [5.74, 6) is 0. The Hall–Kier alpha value is -3.55. The summed E-state index contributed by atoms with van der Waals surface area (Å²) < 4.78 is 14.1. The van der Waals surface area contributed by atoms with Gasteiger partial charge in [-0.15, -0.1) is 0 Å². The van der Waals surface area contributed by atoms with E-state index >= 15 is 0 Å². The molecule has 1 saturated heterocycles. The molecule has 7 heteroatoms. The second-order valence-corrected chi connectivity index (χ2v) is 7.93. The van der Waals surface area contributed by atoms with Crippen molar-refractivity contribution in [3.63, 3.8) is 0 Å². The summed E-state index contributed by atoms with van der Waals surface area (Å²) in [6.45, 7) is 5.70. The monoisotopic (exact) mass is 446 g/mol. The fourth-order valence-corrected chi connectivity index (χ4v) is 4.19. The molecule has 7 nitrogen and oxygen atoms in total. The van der Waals surface area contributed by atoms with Gasteiger partial charge in [-0.2, -0.15) is 0 Å². The predicted molar refractivity (Wildman–Crippen MR) is 128 cm³/mol. The molecule has 0 atom stereocenters. The first-order chi connectivity index (χ1) is 16.0. The minimum Gasteiger partial charge on any atom is -0.348 e. The third-order valence-corrected chi connectivity index (χ3v) is 5.70. The molecule has 1 aliphatic rings. The van der Waals surface area contributed by atoms with E-state index in [4.69, 9.17) is 9.47 Å². The van der Waals surface area contributed by atoms with Crippen molar-refractivity contribution in [3.8, 4) is 0 Å². The van der Waals surface area contributed by atoms with Crippen molar-refractivity contribution >= 4 is 28.1 Å². The Labute approximate surface area is 190 Å². The highest BCUT2D eigenvalue weighted by molar-refractivity contribution is 5.83. The van der Waals surface area contributed by atoms with E-state index in [1.165, 1.54) is 10.6 Å². The average Bonchev–Trinajstić information content (AvgIpc) is 3.32. The zero-order valence-electron chi connectivity index (χ0n) is 18.7. The van der Waals surface area contributed by atoms with Gasteiger partial charge in [-0.05, 0) is 47.9 Å². The Morgan fingerprint density at radius 1 is 0.788 bits per heavy atom. The summed E-state index contributed by atoms with van der Waals surface area (Å²) in [7, 11) is 0. The summed E-state index contributed by atoms with van der Waals surface area (Å²) in [4.78, 5) is 34.1. The number of hydrogen-bond donors (Lipinski definition) is 0. The Morgan fingerprint density at radius 2 is 1.30 bits per heavy atom. The number of ether oxygens (including phenoxy) is 2. The lowest BCUT2D eigenvalue weighted by molar-refractivity contribution is -0.108. The molecule has 0 bridgehead atoms. The van der Waals surface area contributed by atoms with E-state index in [9.17, 15) is 14.4 Å². The second-order valence-electron chi connectivity index (χ2n) is 7.93. The number of hydrogen-bond acceptors (Lipinski definition) is 5. The van der Waals surface area contributed by atoms with E-state index in [-0.39, 0.29) is 24.0 Å². The molecule has 2 aromatic heterocycles. The third-order valence-electron chi connectivity index (χ3n) is 5.70. The number of benzene rings is 2. The van der Waals surface area contributed by atoms with Gasteiger partial charge < -0.3 is 23.4 Å². The van der Waals surface area contributed by atoms with Gasteiger partial charge in [-0.3, -0.25) is 9.59 Å². The lowest BCUT2D eigenvalue weighted by atomic mass is 10.1. The first kappa shape index (κ1) is 22.6. The van der Waals surface area contributed by atoms with E-state index in [2.05, 4.69) is 0 Å². The first-order valence-corrected chi connectivity index (χ1v) is 10.8. The van der Waals surface area contributed by atoms with Gasteiger partial charge in [-0.25, -0.2) is 0 Å². The molecule has 1 aliphatic heterocycles. The number of aromatic nitrogens is 2. The first-order valence-electron chi connectivity index (χ1n) is 10.8. The van der Waals surface area contributed by atoms with Gasteiger partial charge in [0.15, 0.2) is 6.29 Å². The largest absolute Gasteiger partial charge is 0.348 e. The molecule has 3 heterocycles. The highest BCUT2D eigenvalue weighted by Crippen LogP contribution is 2.18. The number of rotatable bonds is 4. The van der Waals surface area contributed by atoms with Crippen molar-refractivity contribution in [2.24, 2.45) is 0 Å². The summed E-state index contributed by atoms with van der Waals surface area (Å²) >= 11 is 0. The van der Waals surface area contributed by atoms with Crippen molar-refractivity contribution in [2.75, 3.05) is 13.2 Å². The summed E-state index contributed by atoms with van der Waals surface area (Å²) in [6.07, 6.45) is 0.431. The van der Waals surface area contributed by atoms with Crippen LogP contribution in [0.15, 0.2) is 70.3 Å². The van der Waals surface area contributed by atoms with Crippen LogP contribution in [0.2, 0.25) is 0 Å². The Kier molecular flexibility index (Phi) is 6.82. The molecule has 1 fully saturated rings. The average molecular weight is 447 g/mol. The molecular weight excluding hydrogens is 420 g/mol. The van der Waals surface area contributed by atoms with Gasteiger partial charge in [0.05, 0.1) is 37.3 Å². The molecule has 0 unspecified atom stereocenters. The van der Waals surface area contributed by atoms with E-state index in [0.717, 1.165) is 39.2 Å². The Balaban J connectivity index is 0.000000160. The van der Waals surface area contributed by atoms with Crippen LogP contribution in [0.25, 0.3) is 21.8 Å². The molecule has 170 valence electrons. The van der Waals surface area contributed by atoms with Crippen LogP contribution in [0, 0.1) is 13.8 Å². The molecule has 0 spiro atoms. The van der Waals surface area contributed by atoms with Crippen LogP contribution in [-0.2, 0) is 27.4 Å².